The average molecular weight is 337 g/mol. The highest BCUT2D eigenvalue weighted by atomic mass is 32.2. The highest BCUT2D eigenvalue weighted by Crippen LogP contribution is 2.19. The van der Waals surface area contributed by atoms with Gasteiger partial charge in [0.2, 0.25) is 0 Å². The molecule has 1 unspecified atom stereocenters. The van der Waals surface area contributed by atoms with Crippen molar-refractivity contribution in [1.29, 1.82) is 0 Å². The second kappa shape index (κ2) is 8.12. The van der Waals surface area contributed by atoms with E-state index in [9.17, 15) is 13.2 Å². The number of hydrogen-bond donors (Lipinski definition) is 2. The molecule has 8 heteroatoms. The first-order valence-electron chi connectivity index (χ1n) is 7.61. The Morgan fingerprint density at radius 1 is 1.41 bits per heavy atom. The third-order valence-electron chi connectivity index (χ3n) is 3.27. The molecule has 1 aliphatic heterocycles. The predicted molar refractivity (Wildman–Crippen MR) is 82.4 cm³/mol. The third kappa shape index (κ3) is 9.22. The van der Waals surface area contributed by atoms with E-state index in [1.807, 2.05) is 0 Å². The van der Waals surface area contributed by atoms with Gasteiger partial charge in [-0.25, -0.2) is 4.79 Å². The van der Waals surface area contributed by atoms with Gasteiger partial charge in [-0.1, -0.05) is 0 Å². The average Bonchev–Trinajstić information content (AvgIpc) is 2.34. The van der Waals surface area contributed by atoms with E-state index in [0.717, 1.165) is 19.3 Å². The van der Waals surface area contributed by atoms with Crippen LogP contribution in [0, 0.1) is 0 Å². The van der Waals surface area contributed by atoms with E-state index in [-0.39, 0.29) is 12.5 Å². The van der Waals surface area contributed by atoms with Crippen LogP contribution in [-0.2, 0) is 19.6 Å². The second-order valence-electron chi connectivity index (χ2n) is 6.64. The maximum Gasteiger partial charge on any atom is 0.407 e. The van der Waals surface area contributed by atoms with Crippen molar-refractivity contribution in [3.63, 3.8) is 0 Å². The maximum atomic E-state index is 11.8. The largest absolute Gasteiger partial charge is 0.444 e. The van der Waals surface area contributed by atoms with Crippen LogP contribution in [0.5, 0.6) is 0 Å². The van der Waals surface area contributed by atoms with Crippen molar-refractivity contribution in [2.45, 2.75) is 70.6 Å². The smallest absolute Gasteiger partial charge is 0.407 e. The Morgan fingerprint density at radius 2 is 2.09 bits per heavy atom. The number of ether oxygens (including phenoxy) is 2. The molecule has 22 heavy (non-hydrogen) atoms. The van der Waals surface area contributed by atoms with Crippen molar-refractivity contribution in [2.75, 3.05) is 12.4 Å². The number of carbonyl (C=O) groups excluding carboxylic acids is 1. The molecule has 0 aromatic carbocycles. The van der Waals surface area contributed by atoms with Gasteiger partial charge < -0.3 is 14.8 Å². The summed E-state index contributed by atoms with van der Waals surface area (Å²) in [5.41, 5.74) is -0.626. The normalized spacial score (nSPS) is 21.2. The van der Waals surface area contributed by atoms with Crippen LogP contribution in [0.4, 0.5) is 4.79 Å². The molecule has 0 radical (unpaired) electrons. The van der Waals surface area contributed by atoms with Crippen molar-refractivity contribution >= 4 is 16.2 Å². The van der Waals surface area contributed by atoms with Gasteiger partial charge in [0.15, 0.2) is 0 Å². The number of alkyl carbamates (subject to hydrolysis) is 1. The van der Waals surface area contributed by atoms with Crippen molar-refractivity contribution in [1.82, 2.24) is 5.32 Å². The van der Waals surface area contributed by atoms with Crippen LogP contribution in [0.15, 0.2) is 0 Å². The SMILES string of the molecule is CC(C)(C)OC(=O)N[C@H](CCS(=O)(=O)O)CC1CCCCO1. The first-order valence-corrected chi connectivity index (χ1v) is 9.22. The molecule has 0 aromatic rings. The molecule has 0 aromatic heterocycles. The molecule has 130 valence electrons. The van der Waals surface area contributed by atoms with E-state index in [4.69, 9.17) is 14.0 Å². The Labute approximate surface area is 132 Å². The molecule has 0 bridgehead atoms. The number of amides is 1. The Hall–Kier alpha value is -0.860. The minimum absolute atomic E-state index is 0.00455. The van der Waals surface area contributed by atoms with Gasteiger partial charge in [0.05, 0.1) is 11.9 Å². The number of rotatable bonds is 6. The standard InChI is InChI=1S/C14H27NO6S/c1-14(2,3)21-13(16)15-11(7-9-22(17,18)19)10-12-6-4-5-8-20-12/h11-12H,4-10H2,1-3H3,(H,15,16)(H,17,18,19)/t11-,12?/m1/s1. The van der Waals surface area contributed by atoms with Crippen LogP contribution in [-0.4, -0.2) is 49.2 Å². The molecule has 0 saturated carbocycles. The zero-order chi connectivity index (χ0) is 16.8. The summed E-state index contributed by atoms with van der Waals surface area (Å²) in [5, 5.41) is 2.68. The van der Waals surface area contributed by atoms with E-state index in [2.05, 4.69) is 5.32 Å². The monoisotopic (exact) mass is 337 g/mol. The lowest BCUT2D eigenvalue weighted by atomic mass is 10.0. The number of nitrogens with one attached hydrogen (secondary N) is 1. The molecule has 1 heterocycles. The van der Waals surface area contributed by atoms with Crippen LogP contribution in [0.25, 0.3) is 0 Å². The summed E-state index contributed by atoms with van der Waals surface area (Å²) < 4.78 is 41.5. The minimum Gasteiger partial charge on any atom is -0.444 e. The quantitative estimate of drug-likeness (QED) is 0.720. The molecule has 2 N–H and O–H groups in total. The van der Waals surface area contributed by atoms with Crippen molar-refractivity contribution in [2.24, 2.45) is 0 Å². The molecule has 1 fully saturated rings. The molecule has 7 nitrogen and oxygen atoms in total. The Bertz CT molecular complexity index is 450. The molecule has 1 rings (SSSR count). The summed E-state index contributed by atoms with van der Waals surface area (Å²) in [6, 6.07) is -0.417. The topological polar surface area (TPSA) is 102 Å². The lowest BCUT2D eigenvalue weighted by Gasteiger charge is -2.28. The highest BCUT2D eigenvalue weighted by Gasteiger charge is 2.24. The Morgan fingerprint density at radius 3 is 2.59 bits per heavy atom. The molecule has 0 spiro atoms. The van der Waals surface area contributed by atoms with E-state index in [1.165, 1.54) is 0 Å². The summed E-state index contributed by atoms with van der Waals surface area (Å²) >= 11 is 0. The van der Waals surface area contributed by atoms with Gasteiger partial charge in [0, 0.05) is 12.6 Å². The summed E-state index contributed by atoms with van der Waals surface area (Å²) in [7, 11) is -4.06. The number of carbonyl (C=O) groups is 1. The zero-order valence-corrected chi connectivity index (χ0v) is 14.3. The van der Waals surface area contributed by atoms with E-state index in [0.29, 0.717) is 13.0 Å². The predicted octanol–water partition coefficient (Wildman–Crippen LogP) is 2.12. The van der Waals surface area contributed by atoms with Gasteiger partial charge in [-0.05, 0) is 52.9 Å². The van der Waals surface area contributed by atoms with E-state index >= 15 is 0 Å². The number of hydrogen-bond acceptors (Lipinski definition) is 5. The van der Waals surface area contributed by atoms with Crippen LogP contribution in [0.2, 0.25) is 0 Å². The van der Waals surface area contributed by atoms with Crippen molar-refractivity contribution in [3.8, 4) is 0 Å². The van der Waals surface area contributed by atoms with Crippen LogP contribution in [0.3, 0.4) is 0 Å². The van der Waals surface area contributed by atoms with Gasteiger partial charge >= 0.3 is 6.09 Å². The Balaban J connectivity index is 2.57. The van der Waals surface area contributed by atoms with Crippen LogP contribution >= 0.6 is 0 Å². The molecule has 1 saturated heterocycles. The van der Waals surface area contributed by atoms with Gasteiger partial charge in [-0.15, -0.1) is 0 Å². The van der Waals surface area contributed by atoms with E-state index in [1.54, 1.807) is 20.8 Å². The maximum absolute atomic E-state index is 11.8. The zero-order valence-electron chi connectivity index (χ0n) is 13.5. The van der Waals surface area contributed by atoms with Gasteiger partial charge in [-0.3, -0.25) is 4.55 Å². The molecular formula is C14H27NO6S. The van der Waals surface area contributed by atoms with Crippen molar-refractivity contribution in [3.05, 3.63) is 0 Å². The summed E-state index contributed by atoms with van der Waals surface area (Å²) in [6.07, 6.45) is 3.00. The Kier molecular flexibility index (Phi) is 7.08. The second-order valence-corrected chi connectivity index (χ2v) is 8.21. The van der Waals surface area contributed by atoms with Crippen LogP contribution < -0.4 is 5.32 Å². The third-order valence-corrected chi connectivity index (χ3v) is 4.02. The molecule has 0 aliphatic carbocycles. The summed E-state index contributed by atoms with van der Waals surface area (Å²) in [5.74, 6) is -0.403. The van der Waals surface area contributed by atoms with Gasteiger partial charge in [0.25, 0.3) is 10.1 Å². The van der Waals surface area contributed by atoms with E-state index < -0.39 is 33.6 Å². The summed E-state index contributed by atoms with van der Waals surface area (Å²) in [4.78, 5) is 11.8. The molecule has 1 amide bonds. The lowest BCUT2D eigenvalue weighted by Crippen LogP contribution is -2.42. The first kappa shape index (κ1) is 19.2. The molecular weight excluding hydrogens is 310 g/mol. The fourth-order valence-corrected chi connectivity index (χ4v) is 2.91. The lowest BCUT2D eigenvalue weighted by molar-refractivity contribution is 0.00307. The first-order chi connectivity index (χ1) is 10.1. The van der Waals surface area contributed by atoms with Crippen LogP contribution in [0.1, 0.15) is 52.9 Å². The molecule has 1 aliphatic rings. The van der Waals surface area contributed by atoms with Crippen molar-refractivity contribution < 1.29 is 27.2 Å². The summed E-state index contributed by atoms with van der Waals surface area (Å²) in [6.45, 7) is 5.94. The van der Waals surface area contributed by atoms with Gasteiger partial charge in [-0.2, -0.15) is 8.42 Å². The minimum atomic E-state index is -4.06. The highest BCUT2D eigenvalue weighted by molar-refractivity contribution is 7.85. The molecule has 2 atom stereocenters. The van der Waals surface area contributed by atoms with Gasteiger partial charge in [0.1, 0.15) is 5.60 Å². The fourth-order valence-electron chi connectivity index (χ4n) is 2.32. The fraction of sp³-hybridized carbons (Fsp3) is 0.929.